The molecule has 1 aromatic carbocycles. The molecular formula is C12H8BrN2O2S. The minimum absolute atomic E-state index is 0.0675. The van der Waals surface area contributed by atoms with Gasteiger partial charge in [0.15, 0.2) is 0 Å². The highest BCUT2D eigenvalue weighted by molar-refractivity contribution is 9.10. The zero-order valence-electron chi connectivity index (χ0n) is 9.17. The SMILES string of the molecule is [CH2]c1cc(Br)n(S(=O)(=O)c2cccc(C#N)c2)c1. The van der Waals surface area contributed by atoms with Gasteiger partial charge in [0.25, 0.3) is 10.0 Å². The minimum atomic E-state index is -3.70. The van der Waals surface area contributed by atoms with Crippen molar-refractivity contribution >= 4 is 26.0 Å². The second kappa shape index (κ2) is 4.59. The van der Waals surface area contributed by atoms with Crippen LogP contribution in [-0.4, -0.2) is 12.4 Å². The molecule has 0 aliphatic carbocycles. The summed E-state index contributed by atoms with van der Waals surface area (Å²) in [6.45, 7) is 3.68. The molecule has 0 bridgehead atoms. The van der Waals surface area contributed by atoms with E-state index in [1.807, 2.05) is 6.07 Å². The molecule has 0 N–H and O–H groups in total. The van der Waals surface area contributed by atoms with E-state index in [1.165, 1.54) is 24.4 Å². The van der Waals surface area contributed by atoms with Gasteiger partial charge in [0.2, 0.25) is 0 Å². The first-order chi connectivity index (χ1) is 8.45. The van der Waals surface area contributed by atoms with E-state index in [0.717, 1.165) is 3.97 Å². The van der Waals surface area contributed by atoms with E-state index in [-0.39, 0.29) is 4.90 Å². The standard InChI is InChI=1S/C12H8BrN2O2S/c1-9-5-12(13)15(8-9)18(16,17)11-4-2-3-10(6-11)7-14/h2-6,8H,1H2. The summed E-state index contributed by atoms with van der Waals surface area (Å²) in [5, 5.41) is 8.79. The van der Waals surface area contributed by atoms with E-state index < -0.39 is 10.0 Å². The number of nitriles is 1. The number of hydrogen-bond donors (Lipinski definition) is 0. The normalized spacial score (nSPS) is 11.2. The van der Waals surface area contributed by atoms with E-state index >= 15 is 0 Å². The fourth-order valence-corrected chi connectivity index (χ4v) is 3.77. The van der Waals surface area contributed by atoms with Crippen molar-refractivity contribution in [3.63, 3.8) is 0 Å². The van der Waals surface area contributed by atoms with Gasteiger partial charge in [0.05, 0.1) is 16.5 Å². The Balaban J connectivity index is 2.62. The summed E-state index contributed by atoms with van der Waals surface area (Å²) in [6, 6.07) is 9.39. The molecule has 1 heterocycles. The quantitative estimate of drug-likeness (QED) is 0.853. The molecule has 1 radical (unpaired) electrons. The van der Waals surface area contributed by atoms with Crippen LogP contribution in [0.15, 0.2) is 46.0 Å². The molecule has 0 amide bonds. The van der Waals surface area contributed by atoms with Crippen LogP contribution >= 0.6 is 15.9 Å². The van der Waals surface area contributed by atoms with Crippen LogP contribution in [0.4, 0.5) is 0 Å². The lowest BCUT2D eigenvalue weighted by Crippen LogP contribution is -2.12. The van der Waals surface area contributed by atoms with E-state index in [4.69, 9.17) is 5.26 Å². The summed E-state index contributed by atoms with van der Waals surface area (Å²) in [5.41, 5.74) is 0.885. The van der Waals surface area contributed by atoms with E-state index in [0.29, 0.717) is 15.7 Å². The maximum atomic E-state index is 12.3. The van der Waals surface area contributed by atoms with Gasteiger partial charge in [0, 0.05) is 6.20 Å². The Bertz CT molecular complexity index is 742. The van der Waals surface area contributed by atoms with Crippen molar-refractivity contribution < 1.29 is 8.42 Å². The van der Waals surface area contributed by atoms with Gasteiger partial charge in [-0.3, -0.25) is 0 Å². The van der Waals surface area contributed by atoms with Crippen molar-refractivity contribution in [3.05, 3.63) is 59.2 Å². The molecule has 0 fully saturated rings. The van der Waals surface area contributed by atoms with Crippen LogP contribution in [0, 0.1) is 18.3 Å². The van der Waals surface area contributed by atoms with Crippen molar-refractivity contribution in [2.45, 2.75) is 4.90 Å². The Labute approximate surface area is 114 Å². The highest BCUT2D eigenvalue weighted by Gasteiger charge is 2.19. The fourth-order valence-electron chi connectivity index (χ4n) is 1.49. The number of hydrogen-bond acceptors (Lipinski definition) is 3. The van der Waals surface area contributed by atoms with Crippen LogP contribution < -0.4 is 0 Å². The summed E-state index contributed by atoms with van der Waals surface area (Å²) in [7, 11) is -3.70. The van der Waals surface area contributed by atoms with E-state index in [1.54, 1.807) is 12.1 Å². The molecule has 91 valence electrons. The molecule has 2 rings (SSSR count). The lowest BCUT2D eigenvalue weighted by molar-refractivity contribution is 0.586. The van der Waals surface area contributed by atoms with Gasteiger partial charge in [-0.15, -0.1) is 0 Å². The molecular weight excluding hydrogens is 316 g/mol. The minimum Gasteiger partial charge on any atom is -0.235 e. The maximum absolute atomic E-state index is 12.3. The first-order valence-corrected chi connectivity index (χ1v) is 7.14. The summed E-state index contributed by atoms with van der Waals surface area (Å²) in [4.78, 5) is 0.0675. The molecule has 4 nitrogen and oxygen atoms in total. The smallest absolute Gasteiger partial charge is 0.235 e. The molecule has 0 saturated heterocycles. The zero-order chi connectivity index (χ0) is 13.3. The predicted octanol–water partition coefficient (Wildman–Crippen LogP) is 2.54. The highest BCUT2D eigenvalue weighted by Crippen LogP contribution is 2.22. The van der Waals surface area contributed by atoms with Crippen molar-refractivity contribution in [1.29, 1.82) is 5.26 Å². The summed E-state index contributed by atoms with van der Waals surface area (Å²) >= 11 is 3.16. The first-order valence-electron chi connectivity index (χ1n) is 4.91. The first kappa shape index (κ1) is 12.9. The average Bonchev–Trinajstić information content (AvgIpc) is 2.69. The van der Waals surface area contributed by atoms with Crippen LogP contribution in [0.1, 0.15) is 11.1 Å². The van der Waals surface area contributed by atoms with Crippen LogP contribution in [0.2, 0.25) is 0 Å². The Kier molecular flexibility index (Phi) is 3.28. The highest BCUT2D eigenvalue weighted by atomic mass is 79.9. The van der Waals surface area contributed by atoms with Gasteiger partial charge >= 0.3 is 0 Å². The molecule has 0 saturated carbocycles. The number of benzene rings is 1. The molecule has 6 heteroatoms. The van der Waals surface area contributed by atoms with Crippen LogP contribution in [0.3, 0.4) is 0 Å². The van der Waals surface area contributed by atoms with Crippen LogP contribution in [0.5, 0.6) is 0 Å². The molecule has 18 heavy (non-hydrogen) atoms. The Morgan fingerprint density at radius 3 is 2.61 bits per heavy atom. The van der Waals surface area contributed by atoms with E-state index in [9.17, 15) is 8.42 Å². The predicted molar refractivity (Wildman–Crippen MR) is 70.3 cm³/mol. The molecule has 2 aromatic rings. The maximum Gasteiger partial charge on any atom is 0.268 e. The molecule has 0 spiro atoms. The summed E-state index contributed by atoms with van der Waals surface area (Å²) in [5.74, 6) is 0. The molecule has 0 aliphatic rings. The van der Waals surface area contributed by atoms with Crippen molar-refractivity contribution in [2.24, 2.45) is 0 Å². The van der Waals surface area contributed by atoms with Gasteiger partial charge in [-0.05, 0) is 52.7 Å². The second-order valence-corrected chi connectivity index (χ2v) is 6.24. The Morgan fingerprint density at radius 2 is 2.06 bits per heavy atom. The van der Waals surface area contributed by atoms with E-state index in [2.05, 4.69) is 22.9 Å². The molecule has 0 unspecified atom stereocenters. The summed E-state index contributed by atoms with van der Waals surface area (Å²) < 4.78 is 26.2. The third-order valence-electron chi connectivity index (χ3n) is 2.32. The zero-order valence-corrected chi connectivity index (χ0v) is 11.6. The van der Waals surface area contributed by atoms with Crippen molar-refractivity contribution in [1.82, 2.24) is 3.97 Å². The van der Waals surface area contributed by atoms with Crippen LogP contribution in [0.25, 0.3) is 0 Å². The van der Waals surface area contributed by atoms with Crippen LogP contribution in [-0.2, 0) is 10.0 Å². The third-order valence-corrected chi connectivity index (χ3v) is 4.83. The number of aromatic nitrogens is 1. The molecule has 0 aliphatic heterocycles. The summed E-state index contributed by atoms with van der Waals surface area (Å²) in [6.07, 6.45) is 1.42. The Hall–Kier alpha value is -1.58. The molecule has 1 aromatic heterocycles. The third kappa shape index (κ3) is 2.19. The van der Waals surface area contributed by atoms with Gasteiger partial charge in [-0.2, -0.15) is 5.26 Å². The topological polar surface area (TPSA) is 62.9 Å². The number of nitrogens with zero attached hydrogens (tertiary/aromatic N) is 2. The largest absolute Gasteiger partial charge is 0.268 e. The van der Waals surface area contributed by atoms with Gasteiger partial charge in [-0.25, -0.2) is 12.4 Å². The lowest BCUT2D eigenvalue weighted by atomic mass is 10.2. The molecule has 0 atom stereocenters. The van der Waals surface area contributed by atoms with Gasteiger partial charge in [0.1, 0.15) is 4.60 Å². The number of halogens is 1. The monoisotopic (exact) mass is 323 g/mol. The number of rotatable bonds is 2. The average molecular weight is 324 g/mol. The van der Waals surface area contributed by atoms with Gasteiger partial charge < -0.3 is 0 Å². The van der Waals surface area contributed by atoms with Gasteiger partial charge in [-0.1, -0.05) is 6.07 Å². The Morgan fingerprint density at radius 1 is 1.33 bits per heavy atom. The van der Waals surface area contributed by atoms with Crippen molar-refractivity contribution in [3.8, 4) is 6.07 Å². The second-order valence-electron chi connectivity index (χ2n) is 3.61. The van der Waals surface area contributed by atoms with Crippen molar-refractivity contribution in [2.75, 3.05) is 0 Å². The lowest BCUT2D eigenvalue weighted by Gasteiger charge is -2.07. The fraction of sp³-hybridized carbons (Fsp3) is 0.